The van der Waals surface area contributed by atoms with E-state index in [2.05, 4.69) is 4.98 Å². The highest BCUT2D eigenvalue weighted by Crippen LogP contribution is 2.48. The lowest BCUT2D eigenvalue weighted by molar-refractivity contribution is -0.188. The number of fused-ring (bicyclic) bond motifs is 2. The quantitative estimate of drug-likeness (QED) is 0.774. The van der Waals surface area contributed by atoms with Crippen LogP contribution in [0.1, 0.15) is 56.9 Å². The largest absolute Gasteiger partial charge is 0.444 e. The fourth-order valence-corrected chi connectivity index (χ4v) is 3.37. The first-order chi connectivity index (χ1) is 11.1. The lowest BCUT2D eigenvalue weighted by Gasteiger charge is -2.39. The van der Waals surface area contributed by atoms with Gasteiger partial charge in [-0.1, -0.05) is 11.6 Å². The van der Waals surface area contributed by atoms with Crippen LogP contribution in [0.25, 0.3) is 0 Å². The van der Waals surface area contributed by atoms with Crippen LogP contribution >= 0.6 is 11.6 Å². The Labute approximate surface area is 146 Å². The summed E-state index contributed by atoms with van der Waals surface area (Å²) in [5, 5.41) is 10.7. The van der Waals surface area contributed by atoms with Crippen molar-refractivity contribution in [1.29, 1.82) is 0 Å². The highest BCUT2D eigenvalue weighted by atomic mass is 35.5. The zero-order valence-corrected chi connectivity index (χ0v) is 15.2. The Kier molecular flexibility index (Phi) is 4.26. The maximum Gasteiger partial charge on any atom is 0.410 e. The number of halogens is 1. The number of amides is 1. The van der Waals surface area contributed by atoms with Crippen LogP contribution in [0.2, 0.25) is 5.02 Å². The van der Waals surface area contributed by atoms with Crippen LogP contribution in [0.5, 0.6) is 0 Å². The summed E-state index contributed by atoms with van der Waals surface area (Å²) in [4.78, 5) is 18.4. The number of pyridine rings is 1. The fraction of sp³-hybridized carbons (Fsp3) is 0.647. The van der Waals surface area contributed by atoms with Gasteiger partial charge in [-0.3, -0.25) is 4.98 Å². The van der Waals surface area contributed by atoms with E-state index in [4.69, 9.17) is 21.1 Å². The molecule has 0 aliphatic carbocycles. The van der Waals surface area contributed by atoms with Gasteiger partial charge in [0.1, 0.15) is 11.2 Å². The van der Waals surface area contributed by atoms with E-state index in [9.17, 15) is 9.90 Å². The Hall–Kier alpha value is -1.37. The zero-order chi connectivity index (χ0) is 17.7. The number of aliphatic hydroxyl groups excluding tert-OH is 1. The Morgan fingerprint density at radius 2 is 2.08 bits per heavy atom. The minimum absolute atomic E-state index is 0.323. The predicted molar refractivity (Wildman–Crippen MR) is 88.7 cm³/mol. The smallest absolute Gasteiger partial charge is 0.410 e. The summed E-state index contributed by atoms with van der Waals surface area (Å²) in [6, 6.07) is 1.72. The normalized spacial score (nSPS) is 22.6. The number of ether oxygens (including phenoxy) is 2. The number of aryl methyl sites for hydroxylation is 1. The average molecular weight is 355 g/mol. The number of rotatable bonds is 0. The number of likely N-dealkylation sites (tertiary alicyclic amines) is 1. The van der Waals surface area contributed by atoms with Crippen LogP contribution in [0.15, 0.2) is 6.07 Å². The number of aromatic nitrogens is 1. The van der Waals surface area contributed by atoms with Gasteiger partial charge in [0, 0.05) is 31.5 Å². The summed E-state index contributed by atoms with van der Waals surface area (Å²) in [6.45, 7) is 8.35. The molecule has 3 rings (SSSR count). The molecule has 1 unspecified atom stereocenters. The van der Waals surface area contributed by atoms with Crippen LogP contribution < -0.4 is 0 Å². The van der Waals surface area contributed by atoms with E-state index >= 15 is 0 Å². The molecule has 0 saturated carbocycles. The van der Waals surface area contributed by atoms with Crippen molar-refractivity contribution in [2.24, 2.45) is 0 Å². The average Bonchev–Trinajstić information content (AvgIpc) is 2.71. The lowest BCUT2D eigenvalue weighted by Crippen LogP contribution is -2.47. The Morgan fingerprint density at radius 3 is 2.67 bits per heavy atom. The van der Waals surface area contributed by atoms with Gasteiger partial charge in [0.2, 0.25) is 0 Å². The van der Waals surface area contributed by atoms with Crippen LogP contribution in [-0.2, 0) is 15.1 Å². The molecule has 0 bridgehead atoms. The van der Waals surface area contributed by atoms with Gasteiger partial charge in [0.15, 0.2) is 6.29 Å². The molecule has 2 aliphatic heterocycles. The van der Waals surface area contributed by atoms with Gasteiger partial charge >= 0.3 is 6.09 Å². The van der Waals surface area contributed by atoms with E-state index in [1.807, 2.05) is 27.7 Å². The van der Waals surface area contributed by atoms with Gasteiger partial charge in [-0.15, -0.1) is 0 Å². The molecule has 1 aromatic rings. The summed E-state index contributed by atoms with van der Waals surface area (Å²) in [5.74, 6) is 0. The van der Waals surface area contributed by atoms with Crippen molar-refractivity contribution < 1.29 is 19.4 Å². The molecule has 1 saturated heterocycles. The van der Waals surface area contributed by atoms with Gasteiger partial charge in [0.05, 0.1) is 16.4 Å². The molecule has 3 heterocycles. The molecule has 0 radical (unpaired) electrons. The standard InChI is InChI=1S/C17H23ClN2O4/c1-10-12(18)9-11-13(19-10)17(23-14(11)21)5-7-20(8-6-17)15(22)24-16(2,3)4/h9,14,21H,5-8H2,1-4H3. The summed E-state index contributed by atoms with van der Waals surface area (Å²) in [5.41, 5.74) is 0.885. The van der Waals surface area contributed by atoms with E-state index in [1.165, 1.54) is 0 Å². The fourth-order valence-electron chi connectivity index (χ4n) is 3.21. The van der Waals surface area contributed by atoms with Crippen molar-refractivity contribution in [3.63, 3.8) is 0 Å². The molecule has 2 aliphatic rings. The van der Waals surface area contributed by atoms with Crippen molar-refractivity contribution in [3.8, 4) is 0 Å². The second-order valence-electron chi connectivity index (χ2n) is 7.43. The molecule has 1 atom stereocenters. The Morgan fingerprint density at radius 1 is 1.46 bits per heavy atom. The summed E-state index contributed by atoms with van der Waals surface area (Å²) < 4.78 is 11.3. The molecule has 1 spiro atoms. The van der Waals surface area contributed by atoms with E-state index in [0.29, 0.717) is 42.2 Å². The third kappa shape index (κ3) is 3.10. The van der Waals surface area contributed by atoms with Crippen LogP contribution in [0.4, 0.5) is 4.79 Å². The summed E-state index contributed by atoms with van der Waals surface area (Å²) in [7, 11) is 0. The van der Waals surface area contributed by atoms with Crippen molar-refractivity contribution in [3.05, 3.63) is 28.0 Å². The molecule has 24 heavy (non-hydrogen) atoms. The number of hydrogen-bond acceptors (Lipinski definition) is 5. The van der Waals surface area contributed by atoms with E-state index in [0.717, 1.165) is 5.69 Å². The molecular weight excluding hydrogens is 332 g/mol. The van der Waals surface area contributed by atoms with Gasteiger partial charge < -0.3 is 19.5 Å². The van der Waals surface area contributed by atoms with Crippen molar-refractivity contribution in [2.45, 2.75) is 58.0 Å². The first-order valence-electron chi connectivity index (χ1n) is 8.13. The topological polar surface area (TPSA) is 71.9 Å². The molecule has 1 aromatic heterocycles. The Bertz CT molecular complexity index is 663. The molecule has 1 amide bonds. The van der Waals surface area contributed by atoms with Gasteiger partial charge in [-0.05, 0) is 33.8 Å². The molecule has 7 heteroatoms. The maximum absolute atomic E-state index is 12.2. The minimum Gasteiger partial charge on any atom is -0.444 e. The molecular formula is C17H23ClN2O4. The van der Waals surface area contributed by atoms with Crippen LogP contribution in [-0.4, -0.2) is 39.8 Å². The molecule has 1 N–H and O–H groups in total. The summed E-state index contributed by atoms with van der Waals surface area (Å²) >= 11 is 6.11. The molecule has 1 fully saturated rings. The van der Waals surface area contributed by atoms with Crippen LogP contribution in [0.3, 0.4) is 0 Å². The number of aliphatic hydroxyl groups is 1. The highest BCUT2D eigenvalue weighted by molar-refractivity contribution is 6.31. The number of carbonyl (C=O) groups is 1. The lowest BCUT2D eigenvalue weighted by atomic mass is 9.87. The van der Waals surface area contributed by atoms with Crippen molar-refractivity contribution >= 4 is 17.7 Å². The molecule has 0 aromatic carbocycles. The predicted octanol–water partition coefficient (Wildman–Crippen LogP) is 3.29. The highest BCUT2D eigenvalue weighted by Gasteiger charge is 2.49. The van der Waals surface area contributed by atoms with Crippen molar-refractivity contribution in [1.82, 2.24) is 9.88 Å². The van der Waals surface area contributed by atoms with Crippen molar-refractivity contribution in [2.75, 3.05) is 13.1 Å². The molecule has 6 nitrogen and oxygen atoms in total. The van der Waals surface area contributed by atoms with E-state index in [1.54, 1.807) is 11.0 Å². The second kappa shape index (κ2) is 5.86. The second-order valence-corrected chi connectivity index (χ2v) is 7.83. The Balaban J connectivity index is 1.78. The van der Waals surface area contributed by atoms with Gasteiger partial charge in [-0.2, -0.15) is 0 Å². The van der Waals surface area contributed by atoms with Gasteiger partial charge in [-0.25, -0.2) is 4.79 Å². The summed E-state index contributed by atoms with van der Waals surface area (Å²) in [6.07, 6.45) is -0.232. The first-order valence-corrected chi connectivity index (χ1v) is 8.50. The third-order valence-electron chi connectivity index (χ3n) is 4.44. The molecule has 132 valence electrons. The number of carbonyl (C=O) groups excluding carboxylic acids is 1. The number of nitrogens with zero attached hydrogens (tertiary/aromatic N) is 2. The number of piperidine rings is 1. The van der Waals surface area contributed by atoms with E-state index < -0.39 is 17.5 Å². The maximum atomic E-state index is 12.2. The third-order valence-corrected chi connectivity index (χ3v) is 4.82. The SMILES string of the molecule is Cc1nc2c(cc1Cl)C(O)OC21CCN(C(=O)OC(C)(C)C)CC1. The number of hydrogen-bond donors (Lipinski definition) is 1. The minimum atomic E-state index is -1.03. The monoisotopic (exact) mass is 354 g/mol. The van der Waals surface area contributed by atoms with E-state index in [-0.39, 0.29) is 6.09 Å². The van der Waals surface area contributed by atoms with Gasteiger partial charge in [0.25, 0.3) is 0 Å². The first kappa shape index (κ1) is 17.5. The van der Waals surface area contributed by atoms with Crippen LogP contribution in [0, 0.1) is 6.92 Å². The zero-order valence-electron chi connectivity index (χ0n) is 14.4.